The van der Waals surface area contributed by atoms with Gasteiger partial charge >= 0.3 is 6.09 Å². The van der Waals surface area contributed by atoms with Gasteiger partial charge in [-0.15, -0.1) is 0 Å². The number of ether oxygens (including phenoxy) is 1. The van der Waals surface area contributed by atoms with Gasteiger partial charge in [0.2, 0.25) is 0 Å². The van der Waals surface area contributed by atoms with E-state index in [0.29, 0.717) is 18.9 Å². The van der Waals surface area contributed by atoms with Crippen LogP contribution in [0.15, 0.2) is 0 Å². The second kappa shape index (κ2) is 5.07. The molecule has 1 aliphatic rings. The number of likely N-dealkylation sites (tertiary alicyclic amines) is 1. The molecule has 1 saturated heterocycles. The summed E-state index contributed by atoms with van der Waals surface area (Å²) in [5.41, 5.74) is -0.509. The predicted octanol–water partition coefficient (Wildman–Crippen LogP) is 2.61. The molecule has 0 N–H and O–H groups in total. The highest BCUT2D eigenvalue weighted by Gasteiger charge is 2.37. The first-order valence-corrected chi connectivity index (χ1v) is 6.23. The Kier molecular flexibility index (Phi) is 4.17. The zero-order valence-corrected chi connectivity index (χ0v) is 11.4. The van der Waals surface area contributed by atoms with Crippen LogP contribution in [0.2, 0.25) is 0 Å². The zero-order chi connectivity index (χ0) is 13.2. The fourth-order valence-electron chi connectivity index (χ4n) is 1.97. The third-order valence-corrected chi connectivity index (χ3v) is 2.67. The number of ketones is 1. The second-order valence-corrected chi connectivity index (χ2v) is 6.04. The summed E-state index contributed by atoms with van der Waals surface area (Å²) in [6.45, 7) is 10.1. The van der Waals surface area contributed by atoms with Crippen LogP contribution in [-0.2, 0) is 9.53 Å². The zero-order valence-electron chi connectivity index (χ0n) is 11.4. The minimum Gasteiger partial charge on any atom is -0.444 e. The van der Waals surface area contributed by atoms with E-state index in [2.05, 4.69) is 13.8 Å². The maximum absolute atomic E-state index is 11.9. The molecule has 4 heteroatoms. The molecule has 0 aliphatic carbocycles. The molecule has 0 bridgehead atoms. The standard InChI is InChI=1S/C13H23NO3/c1-9(2)8-10-11(15)6-7-14(10)12(16)17-13(3,4)5/h9-10H,6-8H2,1-5H3/t10-/m1/s1. The van der Waals surface area contributed by atoms with Gasteiger partial charge in [0.25, 0.3) is 0 Å². The Morgan fingerprint density at radius 2 is 2.06 bits per heavy atom. The van der Waals surface area contributed by atoms with E-state index in [4.69, 9.17) is 4.74 Å². The third kappa shape index (κ3) is 4.02. The lowest BCUT2D eigenvalue weighted by Crippen LogP contribution is -2.42. The van der Waals surface area contributed by atoms with E-state index in [0.717, 1.165) is 6.42 Å². The summed E-state index contributed by atoms with van der Waals surface area (Å²) in [5, 5.41) is 0. The summed E-state index contributed by atoms with van der Waals surface area (Å²) in [4.78, 5) is 25.3. The van der Waals surface area contributed by atoms with Crippen LogP contribution in [0.1, 0.15) is 47.5 Å². The van der Waals surface area contributed by atoms with Gasteiger partial charge in [0.05, 0.1) is 6.04 Å². The van der Waals surface area contributed by atoms with Crippen molar-refractivity contribution in [2.75, 3.05) is 6.54 Å². The summed E-state index contributed by atoms with van der Waals surface area (Å²) in [5.74, 6) is 0.552. The van der Waals surface area contributed by atoms with Crippen molar-refractivity contribution in [2.45, 2.75) is 59.1 Å². The molecule has 1 aliphatic heterocycles. The lowest BCUT2D eigenvalue weighted by molar-refractivity contribution is -0.120. The van der Waals surface area contributed by atoms with Crippen molar-refractivity contribution in [3.63, 3.8) is 0 Å². The van der Waals surface area contributed by atoms with E-state index < -0.39 is 5.60 Å². The number of carbonyl (C=O) groups excluding carboxylic acids is 2. The lowest BCUT2D eigenvalue weighted by atomic mass is 10.0. The minimum absolute atomic E-state index is 0.157. The summed E-state index contributed by atoms with van der Waals surface area (Å²) < 4.78 is 5.32. The highest BCUT2D eigenvalue weighted by Crippen LogP contribution is 2.23. The normalized spacial score (nSPS) is 21.2. The SMILES string of the molecule is CC(C)C[C@@H]1C(=O)CCN1C(=O)OC(C)(C)C. The molecule has 1 heterocycles. The van der Waals surface area contributed by atoms with Gasteiger partial charge in [-0.2, -0.15) is 0 Å². The van der Waals surface area contributed by atoms with Crippen LogP contribution < -0.4 is 0 Å². The third-order valence-electron chi connectivity index (χ3n) is 2.67. The lowest BCUT2D eigenvalue weighted by Gasteiger charge is -2.28. The summed E-state index contributed by atoms with van der Waals surface area (Å²) >= 11 is 0. The first-order chi connectivity index (χ1) is 7.70. The molecular formula is C13H23NO3. The monoisotopic (exact) mass is 241 g/mol. The number of nitrogens with zero attached hydrogens (tertiary/aromatic N) is 1. The number of hydrogen-bond acceptors (Lipinski definition) is 3. The molecule has 17 heavy (non-hydrogen) atoms. The number of carbonyl (C=O) groups is 2. The average Bonchev–Trinajstić information content (AvgIpc) is 2.44. The van der Waals surface area contributed by atoms with E-state index in [-0.39, 0.29) is 17.9 Å². The number of amides is 1. The molecule has 0 spiro atoms. The highest BCUT2D eigenvalue weighted by atomic mass is 16.6. The highest BCUT2D eigenvalue weighted by molar-refractivity contribution is 5.90. The van der Waals surface area contributed by atoms with Crippen molar-refractivity contribution >= 4 is 11.9 Å². The van der Waals surface area contributed by atoms with Crippen LogP contribution in [0.3, 0.4) is 0 Å². The van der Waals surface area contributed by atoms with E-state index in [9.17, 15) is 9.59 Å². The van der Waals surface area contributed by atoms with Gasteiger partial charge in [-0.1, -0.05) is 13.8 Å². The first kappa shape index (κ1) is 14.0. The van der Waals surface area contributed by atoms with Crippen LogP contribution in [0, 0.1) is 5.92 Å². The van der Waals surface area contributed by atoms with Crippen LogP contribution in [0.4, 0.5) is 4.79 Å². The molecule has 0 saturated carbocycles. The largest absolute Gasteiger partial charge is 0.444 e. The predicted molar refractivity (Wildman–Crippen MR) is 65.8 cm³/mol. The van der Waals surface area contributed by atoms with E-state index >= 15 is 0 Å². The van der Waals surface area contributed by atoms with Crippen molar-refractivity contribution in [3.05, 3.63) is 0 Å². The molecule has 0 aromatic rings. The maximum Gasteiger partial charge on any atom is 0.410 e. The van der Waals surface area contributed by atoms with Gasteiger partial charge in [0.1, 0.15) is 5.60 Å². The molecule has 0 radical (unpaired) electrons. The summed E-state index contributed by atoms with van der Waals surface area (Å²) in [7, 11) is 0. The van der Waals surface area contributed by atoms with Crippen molar-refractivity contribution in [3.8, 4) is 0 Å². The Labute approximate surface area is 103 Å². The van der Waals surface area contributed by atoms with Gasteiger partial charge < -0.3 is 4.74 Å². The Bertz CT molecular complexity index is 304. The Morgan fingerprint density at radius 3 is 2.53 bits per heavy atom. The fourth-order valence-corrected chi connectivity index (χ4v) is 1.97. The van der Waals surface area contributed by atoms with Gasteiger partial charge in [-0.25, -0.2) is 4.79 Å². The number of rotatable bonds is 2. The van der Waals surface area contributed by atoms with E-state index in [1.807, 2.05) is 20.8 Å². The van der Waals surface area contributed by atoms with E-state index in [1.54, 1.807) is 4.90 Å². The average molecular weight is 241 g/mol. The topological polar surface area (TPSA) is 46.6 Å². The molecule has 98 valence electrons. The van der Waals surface area contributed by atoms with Crippen molar-refractivity contribution in [2.24, 2.45) is 5.92 Å². The number of Topliss-reactive ketones (excluding diaryl/α,β-unsaturated/α-hetero) is 1. The molecule has 0 aromatic carbocycles. The molecule has 1 rings (SSSR count). The Morgan fingerprint density at radius 1 is 1.47 bits per heavy atom. The van der Waals surface area contributed by atoms with E-state index in [1.165, 1.54) is 0 Å². The smallest absolute Gasteiger partial charge is 0.410 e. The number of hydrogen-bond donors (Lipinski definition) is 0. The van der Waals surface area contributed by atoms with Crippen LogP contribution >= 0.6 is 0 Å². The van der Waals surface area contributed by atoms with Gasteiger partial charge in [0.15, 0.2) is 5.78 Å². The first-order valence-electron chi connectivity index (χ1n) is 6.23. The Hall–Kier alpha value is -1.06. The summed E-state index contributed by atoms with van der Waals surface area (Å²) in [6, 6.07) is -0.287. The van der Waals surface area contributed by atoms with Crippen molar-refractivity contribution in [1.82, 2.24) is 4.90 Å². The molecular weight excluding hydrogens is 218 g/mol. The van der Waals surface area contributed by atoms with Gasteiger partial charge in [0, 0.05) is 13.0 Å². The molecule has 0 unspecified atom stereocenters. The quantitative estimate of drug-likeness (QED) is 0.746. The molecule has 1 atom stereocenters. The maximum atomic E-state index is 11.9. The van der Waals surface area contributed by atoms with Crippen LogP contribution in [0.25, 0.3) is 0 Å². The molecule has 1 fully saturated rings. The molecule has 1 amide bonds. The molecule has 4 nitrogen and oxygen atoms in total. The Balaban J connectivity index is 2.69. The van der Waals surface area contributed by atoms with Crippen LogP contribution in [-0.4, -0.2) is 35.0 Å². The van der Waals surface area contributed by atoms with Crippen LogP contribution in [0.5, 0.6) is 0 Å². The van der Waals surface area contributed by atoms with Crippen molar-refractivity contribution in [1.29, 1.82) is 0 Å². The summed E-state index contributed by atoms with van der Waals surface area (Å²) in [6.07, 6.45) is 0.809. The van der Waals surface area contributed by atoms with Gasteiger partial charge in [-0.05, 0) is 33.1 Å². The minimum atomic E-state index is -0.509. The molecule has 0 aromatic heterocycles. The second-order valence-electron chi connectivity index (χ2n) is 6.04. The van der Waals surface area contributed by atoms with Crippen molar-refractivity contribution < 1.29 is 14.3 Å². The van der Waals surface area contributed by atoms with Gasteiger partial charge in [-0.3, -0.25) is 9.69 Å². The fraction of sp³-hybridized carbons (Fsp3) is 0.846.